The first-order valence-corrected chi connectivity index (χ1v) is 7.88. The second-order valence-corrected chi connectivity index (χ2v) is 5.43. The van der Waals surface area contributed by atoms with Crippen LogP contribution in [-0.2, 0) is 6.42 Å². The smallest absolute Gasteiger partial charge is 0.141 e. The van der Waals surface area contributed by atoms with Crippen molar-refractivity contribution >= 4 is 11.6 Å². The summed E-state index contributed by atoms with van der Waals surface area (Å²) < 4.78 is 13.2. The highest BCUT2D eigenvalue weighted by atomic mass is 35.5. The summed E-state index contributed by atoms with van der Waals surface area (Å²) in [5.74, 6) is -0.349. The van der Waals surface area contributed by atoms with Crippen LogP contribution in [0, 0.1) is 5.82 Å². The summed E-state index contributed by atoms with van der Waals surface area (Å²) in [6.07, 6.45) is 1.97. The van der Waals surface area contributed by atoms with Crippen molar-refractivity contribution < 1.29 is 4.39 Å². The van der Waals surface area contributed by atoms with E-state index < -0.39 is 0 Å². The number of nitrogens with zero attached hydrogens (tertiary/aromatic N) is 1. The van der Waals surface area contributed by atoms with Gasteiger partial charge in [0.05, 0.1) is 5.02 Å². The van der Waals surface area contributed by atoms with Gasteiger partial charge in [0.1, 0.15) is 5.82 Å². The fourth-order valence-electron chi connectivity index (χ4n) is 2.39. The lowest BCUT2D eigenvalue weighted by Gasteiger charge is -2.23. The van der Waals surface area contributed by atoms with Gasteiger partial charge in [0.25, 0.3) is 0 Å². The molecule has 0 saturated heterocycles. The van der Waals surface area contributed by atoms with Crippen molar-refractivity contribution in [2.45, 2.75) is 39.7 Å². The van der Waals surface area contributed by atoms with Crippen molar-refractivity contribution in [1.29, 1.82) is 0 Å². The van der Waals surface area contributed by atoms with Gasteiger partial charge in [-0.1, -0.05) is 38.4 Å². The van der Waals surface area contributed by atoms with Crippen LogP contribution in [-0.4, -0.2) is 37.1 Å². The number of hydrogen-bond acceptors (Lipinski definition) is 2. The SMILES string of the molecule is CCNC(CCN(CC)CC)Cc1ccc(F)c(Cl)c1. The molecule has 1 aromatic rings. The quantitative estimate of drug-likeness (QED) is 0.747. The van der Waals surface area contributed by atoms with Crippen molar-refractivity contribution in [3.8, 4) is 0 Å². The Bertz CT molecular complexity index is 394. The number of rotatable bonds is 9. The fraction of sp³-hybridized carbons (Fsp3) is 0.625. The largest absolute Gasteiger partial charge is 0.314 e. The van der Waals surface area contributed by atoms with Crippen LogP contribution in [0.25, 0.3) is 0 Å². The number of likely N-dealkylation sites (N-methyl/N-ethyl adjacent to an activating group) is 1. The zero-order valence-electron chi connectivity index (χ0n) is 12.8. The highest BCUT2D eigenvalue weighted by Crippen LogP contribution is 2.17. The molecule has 2 nitrogen and oxygen atoms in total. The van der Waals surface area contributed by atoms with E-state index >= 15 is 0 Å². The third-order valence-electron chi connectivity index (χ3n) is 3.65. The molecule has 1 rings (SSSR count). The molecule has 0 spiro atoms. The standard InChI is InChI=1S/C16H26ClFN2/c1-4-19-14(9-10-20(5-2)6-3)11-13-7-8-16(18)15(17)12-13/h7-8,12,14,19H,4-6,9-11H2,1-3H3. The minimum atomic E-state index is -0.349. The molecule has 0 amide bonds. The molecule has 0 radical (unpaired) electrons. The normalized spacial score (nSPS) is 12.9. The zero-order valence-corrected chi connectivity index (χ0v) is 13.5. The average molecular weight is 301 g/mol. The van der Waals surface area contributed by atoms with Gasteiger partial charge in [-0.25, -0.2) is 4.39 Å². The Hall–Kier alpha value is -0.640. The van der Waals surface area contributed by atoms with E-state index in [1.54, 1.807) is 6.07 Å². The van der Waals surface area contributed by atoms with Crippen molar-refractivity contribution in [1.82, 2.24) is 10.2 Å². The zero-order chi connectivity index (χ0) is 15.0. The molecule has 0 heterocycles. The molecule has 1 N–H and O–H groups in total. The van der Waals surface area contributed by atoms with Crippen LogP contribution in [0.15, 0.2) is 18.2 Å². The van der Waals surface area contributed by atoms with E-state index in [2.05, 4.69) is 31.0 Å². The molecular weight excluding hydrogens is 275 g/mol. The summed E-state index contributed by atoms with van der Waals surface area (Å²) in [6.45, 7) is 10.7. The summed E-state index contributed by atoms with van der Waals surface area (Å²) in [4.78, 5) is 2.42. The van der Waals surface area contributed by atoms with Crippen LogP contribution in [0.4, 0.5) is 4.39 Å². The monoisotopic (exact) mass is 300 g/mol. The first-order valence-electron chi connectivity index (χ1n) is 7.50. The lowest BCUT2D eigenvalue weighted by Crippen LogP contribution is -2.35. The van der Waals surface area contributed by atoms with Crippen LogP contribution in [0.3, 0.4) is 0 Å². The summed E-state index contributed by atoms with van der Waals surface area (Å²) in [6, 6.07) is 5.41. The molecule has 0 fully saturated rings. The highest BCUT2D eigenvalue weighted by Gasteiger charge is 2.11. The Morgan fingerprint density at radius 1 is 1.25 bits per heavy atom. The molecule has 0 aliphatic heterocycles. The summed E-state index contributed by atoms with van der Waals surface area (Å²) in [5.41, 5.74) is 1.09. The molecule has 114 valence electrons. The van der Waals surface area contributed by atoms with E-state index in [4.69, 9.17) is 11.6 Å². The Morgan fingerprint density at radius 2 is 1.95 bits per heavy atom. The van der Waals surface area contributed by atoms with Gasteiger partial charge in [0, 0.05) is 6.04 Å². The van der Waals surface area contributed by atoms with E-state index in [1.165, 1.54) is 6.07 Å². The second-order valence-electron chi connectivity index (χ2n) is 5.02. The van der Waals surface area contributed by atoms with Crippen LogP contribution in [0.1, 0.15) is 32.8 Å². The first-order chi connectivity index (χ1) is 9.60. The molecule has 1 unspecified atom stereocenters. The number of nitrogens with one attached hydrogen (secondary N) is 1. The maximum Gasteiger partial charge on any atom is 0.141 e. The molecule has 0 saturated carbocycles. The maximum absolute atomic E-state index is 13.2. The van der Waals surface area contributed by atoms with Gasteiger partial charge in [-0.15, -0.1) is 0 Å². The van der Waals surface area contributed by atoms with E-state index in [-0.39, 0.29) is 10.8 Å². The Morgan fingerprint density at radius 3 is 2.50 bits per heavy atom. The van der Waals surface area contributed by atoms with Crippen LogP contribution in [0.5, 0.6) is 0 Å². The molecule has 1 aromatic carbocycles. The Balaban J connectivity index is 2.59. The van der Waals surface area contributed by atoms with E-state index in [0.29, 0.717) is 6.04 Å². The van der Waals surface area contributed by atoms with Crippen LogP contribution >= 0.6 is 11.6 Å². The maximum atomic E-state index is 13.2. The van der Waals surface area contributed by atoms with Gasteiger partial charge >= 0.3 is 0 Å². The van der Waals surface area contributed by atoms with Gasteiger partial charge in [0.2, 0.25) is 0 Å². The topological polar surface area (TPSA) is 15.3 Å². The second kappa shape index (κ2) is 9.32. The number of halogens is 2. The molecule has 0 aromatic heterocycles. The van der Waals surface area contributed by atoms with Crippen molar-refractivity contribution in [3.05, 3.63) is 34.6 Å². The Kier molecular flexibility index (Phi) is 8.12. The summed E-state index contributed by atoms with van der Waals surface area (Å²) in [5, 5.41) is 3.71. The molecule has 0 bridgehead atoms. The molecule has 0 aliphatic rings. The number of hydrogen-bond donors (Lipinski definition) is 1. The van der Waals surface area contributed by atoms with Gasteiger partial charge < -0.3 is 10.2 Å². The lowest BCUT2D eigenvalue weighted by atomic mass is 10.0. The van der Waals surface area contributed by atoms with Gasteiger partial charge in [0.15, 0.2) is 0 Å². The summed E-state index contributed by atoms with van der Waals surface area (Å²) >= 11 is 5.84. The third-order valence-corrected chi connectivity index (χ3v) is 3.94. The number of benzene rings is 1. The molecule has 1 atom stereocenters. The predicted octanol–water partition coefficient (Wildman–Crippen LogP) is 3.73. The fourth-order valence-corrected chi connectivity index (χ4v) is 2.60. The Labute approximate surface area is 127 Å². The molecule has 0 aliphatic carbocycles. The molecular formula is C16H26ClFN2. The van der Waals surface area contributed by atoms with E-state index in [0.717, 1.165) is 44.6 Å². The first kappa shape index (κ1) is 17.4. The molecule has 20 heavy (non-hydrogen) atoms. The van der Waals surface area contributed by atoms with Gasteiger partial charge in [-0.3, -0.25) is 0 Å². The molecule has 4 heteroatoms. The lowest BCUT2D eigenvalue weighted by molar-refractivity contribution is 0.281. The van der Waals surface area contributed by atoms with E-state index in [9.17, 15) is 4.39 Å². The van der Waals surface area contributed by atoms with Crippen molar-refractivity contribution in [3.63, 3.8) is 0 Å². The van der Waals surface area contributed by atoms with Gasteiger partial charge in [-0.05, 0) is 56.7 Å². The van der Waals surface area contributed by atoms with Crippen molar-refractivity contribution in [2.24, 2.45) is 0 Å². The van der Waals surface area contributed by atoms with Crippen LogP contribution < -0.4 is 5.32 Å². The highest BCUT2D eigenvalue weighted by molar-refractivity contribution is 6.30. The predicted molar refractivity (Wildman–Crippen MR) is 85.0 cm³/mol. The minimum Gasteiger partial charge on any atom is -0.314 e. The van der Waals surface area contributed by atoms with E-state index in [1.807, 2.05) is 6.07 Å². The van der Waals surface area contributed by atoms with Crippen molar-refractivity contribution in [2.75, 3.05) is 26.2 Å². The summed E-state index contributed by atoms with van der Waals surface area (Å²) in [7, 11) is 0. The van der Waals surface area contributed by atoms with Gasteiger partial charge in [-0.2, -0.15) is 0 Å². The van der Waals surface area contributed by atoms with Crippen LogP contribution in [0.2, 0.25) is 5.02 Å². The minimum absolute atomic E-state index is 0.210. The average Bonchev–Trinajstić information content (AvgIpc) is 2.44. The third kappa shape index (κ3) is 5.78.